The van der Waals surface area contributed by atoms with E-state index in [1.54, 1.807) is 0 Å². The largest absolute Gasteiger partial charge is 0.473 e. The van der Waals surface area contributed by atoms with E-state index in [4.69, 9.17) is 24.5 Å². The number of hydrogen-bond acceptors (Lipinski definition) is 7. The first-order valence-corrected chi connectivity index (χ1v) is 10.3. The number of nitrogens with zero attached hydrogens (tertiary/aromatic N) is 3. The average molecular weight is 437 g/mol. The number of carbonyl (C=O) groups excluding carboxylic acids is 1. The predicted octanol–water partition coefficient (Wildman–Crippen LogP) is 0.643. The summed E-state index contributed by atoms with van der Waals surface area (Å²) in [6, 6.07) is 8.54. The van der Waals surface area contributed by atoms with E-state index in [1.165, 1.54) is 0 Å². The lowest BCUT2D eigenvalue weighted by molar-refractivity contribution is -0.159. The van der Waals surface area contributed by atoms with Gasteiger partial charge in [0.25, 0.3) is 0 Å². The van der Waals surface area contributed by atoms with Gasteiger partial charge in [0, 0.05) is 19.1 Å². The fraction of sp³-hybridized carbons (Fsp3) is 0.571. The minimum absolute atomic E-state index is 0.0575. The fourth-order valence-electron chi connectivity index (χ4n) is 3.64. The van der Waals surface area contributed by atoms with Crippen molar-refractivity contribution in [2.45, 2.75) is 18.9 Å². The molecule has 10 heteroatoms. The minimum atomic E-state index is -1.82. The van der Waals surface area contributed by atoms with Crippen molar-refractivity contribution in [1.82, 2.24) is 9.80 Å². The van der Waals surface area contributed by atoms with Crippen LogP contribution in [0.25, 0.3) is 0 Å². The number of nitrogens with one attached hydrogen (secondary N) is 1. The highest BCUT2D eigenvalue weighted by Gasteiger charge is 2.22. The molecular weight excluding hydrogens is 404 g/mol. The zero-order valence-electron chi connectivity index (χ0n) is 18.1. The van der Waals surface area contributed by atoms with E-state index in [-0.39, 0.29) is 5.91 Å². The van der Waals surface area contributed by atoms with Crippen molar-refractivity contribution in [3.63, 3.8) is 0 Å². The van der Waals surface area contributed by atoms with Crippen LogP contribution in [0.2, 0.25) is 0 Å². The summed E-state index contributed by atoms with van der Waals surface area (Å²) < 4.78 is 5.43. The van der Waals surface area contributed by atoms with Crippen LogP contribution in [0.1, 0.15) is 12.8 Å². The highest BCUT2D eigenvalue weighted by Crippen LogP contribution is 2.26. The standard InChI is InChI=1S/C19H30N4O2.C2H2O4/c1-21-9-7-16(8-10-21)22(2)15-19(24)20-17-5-3-4-6-18(17)23-11-13-25-14-12-23;3-1(4)2(5)6/h3-6,16H,7-15H2,1-2H3,(H,20,24);(H,3,4)(H,5,6). The number of rotatable bonds is 5. The molecule has 2 fully saturated rings. The lowest BCUT2D eigenvalue weighted by Crippen LogP contribution is -2.44. The lowest BCUT2D eigenvalue weighted by atomic mass is 10.0. The van der Waals surface area contributed by atoms with Gasteiger partial charge in [0.1, 0.15) is 0 Å². The molecule has 2 aliphatic rings. The van der Waals surface area contributed by atoms with Gasteiger partial charge < -0.3 is 30.1 Å². The monoisotopic (exact) mass is 436 g/mol. The number of aliphatic carboxylic acids is 2. The number of benzene rings is 1. The summed E-state index contributed by atoms with van der Waals surface area (Å²) in [7, 11) is 4.22. The Balaban J connectivity index is 0.000000501. The van der Waals surface area contributed by atoms with E-state index in [1.807, 2.05) is 18.2 Å². The number of ether oxygens (including phenoxy) is 1. The summed E-state index contributed by atoms with van der Waals surface area (Å²) in [5.74, 6) is -3.59. The molecule has 3 rings (SSSR count). The highest BCUT2D eigenvalue weighted by atomic mass is 16.5. The summed E-state index contributed by atoms with van der Waals surface area (Å²) in [6.45, 7) is 5.85. The van der Waals surface area contributed by atoms with Crippen molar-refractivity contribution < 1.29 is 29.3 Å². The van der Waals surface area contributed by atoms with Crippen LogP contribution in [0, 0.1) is 0 Å². The third kappa shape index (κ3) is 8.16. The Morgan fingerprint density at radius 1 is 1.06 bits per heavy atom. The van der Waals surface area contributed by atoms with Gasteiger partial charge in [-0.15, -0.1) is 0 Å². The van der Waals surface area contributed by atoms with E-state index in [0.717, 1.165) is 63.6 Å². The molecule has 1 aromatic rings. The summed E-state index contributed by atoms with van der Waals surface area (Å²) in [5, 5.41) is 17.9. The molecule has 0 radical (unpaired) electrons. The summed E-state index contributed by atoms with van der Waals surface area (Å²) >= 11 is 0. The third-order valence-corrected chi connectivity index (χ3v) is 5.42. The van der Waals surface area contributed by atoms with Crippen LogP contribution in [0.3, 0.4) is 0 Å². The Hall–Kier alpha value is -2.69. The summed E-state index contributed by atoms with van der Waals surface area (Å²) in [5.41, 5.74) is 1.98. The zero-order valence-corrected chi connectivity index (χ0v) is 18.1. The van der Waals surface area contributed by atoms with E-state index in [9.17, 15) is 4.79 Å². The Morgan fingerprint density at radius 3 is 2.23 bits per heavy atom. The fourth-order valence-corrected chi connectivity index (χ4v) is 3.64. The van der Waals surface area contributed by atoms with Crippen LogP contribution in [0.15, 0.2) is 24.3 Å². The molecule has 0 aromatic heterocycles. The topological polar surface area (TPSA) is 123 Å². The van der Waals surface area contributed by atoms with Crippen LogP contribution >= 0.6 is 0 Å². The number of likely N-dealkylation sites (N-methyl/N-ethyl adjacent to an activating group) is 1. The van der Waals surface area contributed by atoms with Crippen molar-refractivity contribution in [2.24, 2.45) is 0 Å². The second-order valence-electron chi connectivity index (χ2n) is 7.72. The summed E-state index contributed by atoms with van der Waals surface area (Å²) in [6.07, 6.45) is 2.26. The van der Waals surface area contributed by atoms with Gasteiger partial charge in [0.05, 0.1) is 31.1 Å². The second kappa shape index (κ2) is 12.2. The molecule has 2 aliphatic heterocycles. The highest BCUT2D eigenvalue weighted by molar-refractivity contribution is 6.27. The Kier molecular flexibility index (Phi) is 9.70. The Morgan fingerprint density at radius 2 is 1.65 bits per heavy atom. The molecule has 2 heterocycles. The number of carbonyl (C=O) groups is 3. The first kappa shape index (κ1) is 24.6. The second-order valence-corrected chi connectivity index (χ2v) is 7.72. The smallest absolute Gasteiger partial charge is 0.414 e. The molecule has 0 atom stereocenters. The maximum absolute atomic E-state index is 12.6. The predicted molar refractivity (Wildman–Crippen MR) is 117 cm³/mol. The lowest BCUT2D eigenvalue weighted by Gasteiger charge is -2.35. The maximum atomic E-state index is 12.6. The number of carboxylic acid groups (broad SMARTS) is 2. The van der Waals surface area contributed by atoms with Crippen molar-refractivity contribution in [3.8, 4) is 0 Å². The summed E-state index contributed by atoms with van der Waals surface area (Å²) in [4.78, 5) is 37.6. The van der Waals surface area contributed by atoms with Gasteiger partial charge in [0.15, 0.2) is 0 Å². The molecule has 0 saturated carbocycles. The quantitative estimate of drug-likeness (QED) is 0.571. The van der Waals surface area contributed by atoms with Crippen LogP contribution in [-0.2, 0) is 19.1 Å². The molecule has 3 N–H and O–H groups in total. The molecule has 172 valence electrons. The molecule has 1 amide bonds. The van der Waals surface area contributed by atoms with Gasteiger partial charge in [-0.3, -0.25) is 9.69 Å². The van der Waals surface area contributed by atoms with Crippen molar-refractivity contribution in [1.29, 1.82) is 0 Å². The van der Waals surface area contributed by atoms with E-state index >= 15 is 0 Å². The van der Waals surface area contributed by atoms with Crippen LogP contribution in [0.5, 0.6) is 0 Å². The molecule has 1 aromatic carbocycles. The number of morpholine rings is 1. The Labute approximate surface area is 182 Å². The number of likely N-dealkylation sites (tertiary alicyclic amines) is 1. The van der Waals surface area contributed by atoms with Crippen LogP contribution in [-0.4, -0.2) is 104 Å². The number of hydrogen-bond donors (Lipinski definition) is 3. The average Bonchev–Trinajstić information content (AvgIpc) is 2.75. The van der Waals surface area contributed by atoms with Crippen molar-refractivity contribution in [3.05, 3.63) is 24.3 Å². The third-order valence-electron chi connectivity index (χ3n) is 5.42. The first-order valence-electron chi connectivity index (χ1n) is 10.3. The molecule has 2 saturated heterocycles. The van der Waals surface area contributed by atoms with Crippen LogP contribution in [0.4, 0.5) is 11.4 Å². The van der Waals surface area contributed by atoms with Gasteiger partial charge in [-0.1, -0.05) is 12.1 Å². The molecule has 0 bridgehead atoms. The maximum Gasteiger partial charge on any atom is 0.414 e. The number of piperidine rings is 1. The normalized spacial score (nSPS) is 17.6. The SMILES string of the molecule is CN1CCC(N(C)CC(=O)Nc2ccccc2N2CCOCC2)CC1.O=C(O)C(=O)O. The molecule has 0 unspecified atom stereocenters. The molecule has 10 nitrogen and oxygen atoms in total. The van der Waals surface area contributed by atoms with E-state index in [2.05, 4.69) is 40.2 Å². The minimum Gasteiger partial charge on any atom is -0.473 e. The van der Waals surface area contributed by atoms with Crippen LogP contribution < -0.4 is 10.2 Å². The molecule has 31 heavy (non-hydrogen) atoms. The van der Waals surface area contributed by atoms with Gasteiger partial charge in [0.2, 0.25) is 5.91 Å². The Bertz CT molecular complexity index is 733. The number of para-hydroxylation sites is 2. The van der Waals surface area contributed by atoms with E-state index in [0.29, 0.717) is 12.6 Å². The van der Waals surface area contributed by atoms with Gasteiger partial charge in [-0.05, 0) is 52.2 Å². The van der Waals surface area contributed by atoms with Crippen molar-refractivity contribution >= 4 is 29.2 Å². The van der Waals surface area contributed by atoms with Gasteiger partial charge in [-0.2, -0.15) is 0 Å². The van der Waals surface area contributed by atoms with Crippen molar-refractivity contribution in [2.75, 3.05) is 70.2 Å². The van der Waals surface area contributed by atoms with Gasteiger partial charge in [-0.25, -0.2) is 9.59 Å². The van der Waals surface area contributed by atoms with Gasteiger partial charge >= 0.3 is 11.9 Å². The zero-order chi connectivity index (χ0) is 22.8. The number of amides is 1. The number of carboxylic acids is 2. The number of anilines is 2. The molecular formula is C21H32N4O6. The molecule has 0 spiro atoms. The van der Waals surface area contributed by atoms with E-state index < -0.39 is 11.9 Å². The first-order chi connectivity index (χ1) is 14.8. The molecule has 0 aliphatic carbocycles.